The van der Waals surface area contributed by atoms with Crippen LogP contribution in [0.1, 0.15) is 38.3 Å². The molecule has 2 atom stereocenters. The molecule has 1 amide bonds. The van der Waals surface area contributed by atoms with E-state index in [4.69, 9.17) is 4.74 Å². The monoisotopic (exact) mass is 599 g/mol. The number of piperazine rings is 1. The van der Waals surface area contributed by atoms with Gasteiger partial charge in [-0.3, -0.25) is 14.6 Å². The fraction of sp³-hybridized carbons (Fsp3) is 0.640. The average Bonchev–Trinajstić information content (AvgIpc) is 3.22. The number of sulfonamides is 1. The molecule has 0 aliphatic carbocycles. The van der Waals surface area contributed by atoms with Crippen molar-refractivity contribution < 1.29 is 23.1 Å². The molecular weight excluding hydrogens is 562 g/mol. The lowest BCUT2D eigenvalue weighted by atomic mass is 9.97. The molecule has 1 fully saturated rings. The number of nitrogens with zero attached hydrogens (tertiary/aromatic N) is 4. The minimum absolute atomic E-state index is 0.0565. The summed E-state index contributed by atoms with van der Waals surface area (Å²) in [4.78, 5) is 19.5. The Morgan fingerprint density at radius 3 is 2.51 bits per heavy atom. The van der Waals surface area contributed by atoms with Gasteiger partial charge in [0.25, 0.3) is 5.91 Å². The number of aliphatic hydroxyl groups excluding tert-OH is 1. The molecule has 2 N–H and O–H groups in total. The molecule has 206 valence electrons. The number of amides is 1. The first kappa shape index (κ1) is 28.3. The van der Waals surface area contributed by atoms with Crippen molar-refractivity contribution >= 4 is 31.9 Å². The van der Waals surface area contributed by atoms with E-state index in [1.54, 1.807) is 18.2 Å². The highest BCUT2D eigenvalue weighted by Gasteiger charge is 2.43. The Labute approximate surface area is 228 Å². The van der Waals surface area contributed by atoms with Crippen LogP contribution in [0.3, 0.4) is 0 Å². The maximum Gasteiger partial charge on any atom is 0.268 e. The van der Waals surface area contributed by atoms with E-state index in [0.29, 0.717) is 62.9 Å². The summed E-state index contributed by atoms with van der Waals surface area (Å²) >= 11 is 3.72. The van der Waals surface area contributed by atoms with Crippen LogP contribution in [0.15, 0.2) is 34.4 Å². The molecule has 1 aromatic carbocycles. The molecule has 37 heavy (non-hydrogen) atoms. The molecule has 3 aliphatic heterocycles. The fourth-order valence-electron chi connectivity index (χ4n) is 5.25. The quantitative estimate of drug-likeness (QED) is 0.308. The van der Waals surface area contributed by atoms with Crippen molar-refractivity contribution in [2.45, 2.75) is 42.7 Å². The Hall–Kier alpha value is -1.70. The van der Waals surface area contributed by atoms with Crippen molar-refractivity contribution in [1.29, 1.82) is 0 Å². The summed E-state index contributed by atoms with van der Waals surface area (Å²) in [5, 5.41) is 12.2. The van der Waals surface area contributed by atoms with Gasteiger partial charge in [0.1, 0.15) is 16.5 Å². The molecule has 0 radical (unpaired) electrons. The fourth-order valence-corrected chi connectivity index (χ4v) is 7.26. The Kier molecular flexibility index (Phi) is 9.18. The molecule has 10 nitrogen and oxygen atoms in total. The summed E-state index contributed by atoms with van der Waals surface area (Å²) in [5.74, 6) is 0.413. The SMILES string of the molecule is CCCOc1ccc(S(=O)(=O)N2CCN(CCO)CC2)cc1C1NC(=O)C2=C1CN(CCC)C(Br)N2C. The zero-order valence-corrected chi connectivity index (χ0v) is 24.2. The van der Waals surface area contributed by atoms with Gasteiger partial charge in [0.05, 0.1) is 24.2 Å². The van der Waals surface area contributed by atoms with Crippen molar-refractivity contribution in [3.63, 3.8) is 0 Å². The molecule has 1 aromatic rings. The van der Waals surface area contributed by atoms with Crippen LogP contribution in [0.4, 0.5) is 0 Å². The standard InChI is InChI=1S/C25H38BrN5O5S/c1-4-8-30-17-20-22(27-24(33)23(20)28(3)25(30)26)19-16-18(6-7-21(19)36-15-5-2)37(34,35)31-11-9-29(10-12-31)13-14-32/h6-7,16,22,25,32H,4-5,8-15,17H2,1-3H3,(H,27,33). The van der Waals surface area contributed by atoms with Gasteiger partial charge in [-0.05, 0) is 52.5 Å². The van der Waals surface area contributed by atoms with Crippen molar-refractivity contribution in [1.82, 2.24) is 24.3 Å². The summed E-state index contributed by atoms with van der Waals surface area (Å²) in [6.07, 6.45) is 1.77. The lowest BCUT2D eigenvalue weighted by molar-refractivity contribution is -0.118. The van der Waals surface area contributed by atoms with Gasteiger partial charge in [-0.25, -0.2) is 8.42 Å². The third kappa shape index (κ3) is 5.69. The number of halogens is 1. The summed E-state index contributed by atoms with van der Waals surface area (Å²) in [5.41, 5.74) is 2.20. The number of hydrogen-bond donors (Lipinski definition) is 2. The maximum absolute atomic E-state index is 13.6. The zero-order chi connectivity index (χ0) is 26.7. The van der Waals surface area contributed by atoms with Crippen molar-refractivity contribution in [2.24, 2.45) is 0 Å². The molecule has 3 heterocycles. The summed E-state index contributed by atoms with van der Waals surface area (Å²) in [7, 11) is -1.85. The first-order valence-corrected chi connectivity index (χ1v) is 15.3. The molecule has 3 aliphatic rings. The highest BCUT2D eigenvalue weighted by Crippen LogP contribution is 2.41. The van der Waals surface area contributed by atoms with Gasteiger partial charge < -0.3 is 20.1 Å². The third-order valence-corrected chi connectivity index (χ3v) is 10.2. The van der Waals surface area contributed by atoms with E-state index in [9.17, 15) is 18.3 Å². The number of aliphatic hydroxyl groups is 1. The lowest BCUT2D eigenvalue weighted by Gasteiger charge is -2.40. The van der Waals surface area contributed by atoms with Crippen LogP contribution in [0.5, 0.6) is 5.75 Å². The molecule has 0 saturated carbocycles. The number of carbonyl (C=O) groups is 1. The molecule has 1 saturated heterocycles. The number of ether oxygens (including phenoxy) is 1. The van der Waals surface area contributed by atoms with Crippen LogP contribution in [0.25, 0.3) is 0 Å². The predicted octanol–water partition coefficient (Wildman–Crippen LogP) is 1.53. The molecule has 0 spiro atoms. The number of alkyl halides is 1. The normalized spacial score (nSPS) is 23.9. The lowest BCUT2D eigenvalue weighted by Crippen LogP contribution is -2.49. The molecular formula is C25H38BrN5O5S. The van der Waals surface area contributed by atoms with E-state index < -0.39 is 16.1 Å². The van der Waals surface area contributed by atoms with Gasteiger partial charge in [0, 0.05) is 58.4 Å². The third-order valence-electron chi connectivity index (χ3n) is 7.14. The number of likely N-dealkylation sites (N-methyl/N-ethyl adjacent to an activating group) is 1. The van der Waals surface area contributed by atoms with E-state index in [-0.39, 0.29) is 22.5 Å². The number of nitrogens with one attached hydrogen (secondary N) is 1. The highest BCUT2D eigenvalue weighted by molar-refractivity contribution is 9.09. The van der Waals surface area contributed by atoms with Crippen LogP contribution < -0.4 is 10.1 Å². The van der Waals surface area contributed by atoms with Crippen LogP contribution in [0, 0.1) is 0 Å². The summed E-state index contributed by atoms with van der Waals surface area (Å²) in [6.45, 7) is 8.55. The second kappa shape index (κ2) is 12.0. The van der Waals surface area contributed by atoms with E-state index >= 15 is 0 Å². The maximum atomic E-state index is 13.6. The summed E-state index contributed by atoms with van der Waals surface area (Å²) < 4.78 is 34.8. The first-order chi connectivity index (χ1) is 17.7. The van der Waals surface area contributed by atoms with E-state index in [1.807, 2.05) is 18.9 Å². The number of benzene rings is 1. The Morgan fingerprint density at radius 1 is 1.14 bits per heavy atom. The number of β-amino-alcohol motifs (C(OH)–C–C–N with tert-alkyl or cyclic N) is 1. The smallest absolute Gasteiger partial charge is 0.268 e. The van der Waals surface area contributed by atoms with E-state index in [1.165, 1.54) is 4.31 Å². The largest absolute Gasteiger partial charge is 0.493 e. The highest BCUT2D eigenvalue weighted by atomic mass is 79.9. The van der Waals surface area contributed by atoms with Crippen molar-refractivity contribution in [3.05, 3.63) is 35.0 Å². The first-order valence-electron chi connectivity index (χ1n) is 13.0. The van der Waals surface area contributed by atoms with E-state index in [2.05, 4.69) is 38.0 Å². The van der Waals surface area contributed by atoms with Gasteiger partial charge in [-0.2, -0.15) is 4.31 Å². The Morgan fingerprint density at radius 2 is 1.86 bits per heavy atom. The number of carbonyl (C=O) groups excluding carboxylic acids is 1. The Balaban J connectivity index is 1.70. The topological polar surface area (TPSA) is 106 Å². The van der Waals surface area contributed by atoms with Gasteiger partial charge >= 0.3 is 0 Å². The van der Waals surface area contributed by atoms with Gasteiger partial charge in [-0.15, -0.1) is 0 Å². The zero-order valence-electron chi connectivity index (χ0n) is 21.8. The van der Waals surface area contributed by atoms with Crippen LogP contribution >= 0.6 is 15.9 Å². The van der Waals surface area contributed by atoms with E-state index in [0.717, 1.165) is 25.0 Å². The number of hydrogen-bond acceptors (Lipinski definition) is 8. The van der Waals surface area contributed by atoms with Crippen molar-refractivity contribution in [3.8, 4) is 5.75 Å². The second-order valence-electron chi connectivity index (χ2n) is 9.69. The summed E-state index contributed by atoms with van der Waals surface area (Å²) in [6, 6.07) is 4.51. The van der Waals surface area contributed by atoms with Gasteiger partial charge in [0.15, 0.2) is 0 Å². The van der Waals surface area contributed by atoms with Gasteiger partial charge in [0.2, 0.25) is 10.0 Å². The van der Waals surface area contributed by atoms with Crippen LogP contribution in [-0.4, -0.2) is 110 Å². The number of rotatable bonds is 10. The van der Waals surface area contributed by atoms with Gasteiger partial charge in [-0.1, -0.05) is 13.8 Å². The predicted molar refractivity (Wildman–Crippen MR) is 145 cm³/mol. The molecule has 0 bridgehead atoms. The molecule has 12 heteroatoms. The molecule has 4 rings (SSSR count). The minimum Gasteiger partial charge on any atom is -0.493 e. The van der Waals surface area contributed by atoms with Crippen LogP contribution in [-0.2, 0) is 14.8 Å². The van der Waals surface area contributed by atoms with Crippen molar-refractivity contribution in [2.75, 3.05) is 66.1 Å². The molecule has 0 aromatic heterocycles. The minimum atomic E-state index is -3.74. The average molecular weight is 601 g/mol. The Bertz CT molecular complexity index is 1120. The second-order valence-corrected chi connectivity index (χ2v) is 12.4. The van der Waals surface area contributed by atoms with Crippen LogP contribution in [0.2, 0.25) is 0 Å². The molecule has 2 unspecified atom stereocenters.